The molecule has 55 heavy (non-hydrogen) atoms. The van der Waals surface area contributed by atoms with Gasteiger partial charge in [0.05, 0.1) is 22.8 Å². The first-order valence-electron chi connectivity index (χ1n) is 18.7. The lowest BCUT2D eigenvalue weighted by Crippen LogP contribution is -2.04. The molecule has 0 saturated heterocycles. The molecule has 1 aliphatic rings. The summed E-state index contributed by atoms with van der Waals surface area (Å²) in [4.78, 5) is 26.2. The van der Waals surface area contributed by atoms with E-state index in [1.807, 2.05) is 48.5 Å². The molecule has 0 bridgehead atoms. The first kappa shape index (κ1) is 33.7. The van der Waals surface area contributed by atoms with E-state index in [4.69, 9.17) is 24.9 Å². The summed E-state index contributed by atoms with van der Waals surface area (Å²) >= 11 is 0. The van der Waals surface area contributed by atoms with Crippen LogP contribution in [-0.2, 0) is 0 Å². The highest BCUT2D eigenvalue weighted by Crippen LogP contribution is 2.40. The predicted molar refractivity (Wildman–Crippen MR) is 225 cm³/mol. The molecule has 262 valence electrons. The summed E-state index contributed by atoms with van der Waals surface area (Å²) in [6.45, 7) is 2.13. The van der Waals surface area contributed by atoms with Crippen molar-refractivity contribution < 1.29 is 0 Å². The van der Waals surface area contributed by atoms with Crippen LogP contribution >= 0.6 is 0 Å². The molecule has 0 saturated carbocycles. The van der Waals surface area contributed by atoms with Crippen molar-refractivity contribution in [3.8, 4) is 78.9 Å². The van der Waals surface area contributed by atoms with Crippen LogP contribution in [0.5, 0.6) is 0 Å². The Morgan fingerprint density at radius 2 is 0.873 bits per heavy atom. The summed E-state index contributed by atoms with van der Waals surface area (Å²) in [6, 6.07) is 56.2. The zero-order valence-corrected chi connectivity index (χ0v) is 30.5. The number of rotatable bonds is 8. The minimum absolute atomic E-state index is 0.628. The van der Waals surface area contributed by atoms with E-state index in [0.717, 1.165) is 91.3 Å². The van der Waals surface area contributed by atoms with E-state index in [2.05, 4.69) is 140 Å². The largest absolute Gasteiger partial charge is 0.243 e. The molecule has 0 amide bonds. The Morgan fingerprint density at radius 1 is 0.364 bits per heavy atom. The van der Waals surface area contributed by atoms with Crippen LogP contribution in [0.25, 0.3) is 84.5 Å². The van der Waals surface area contributed by atoms with Gasteiger partial charge in [0.25, 0.3) is 0 Å². The van der Waals surface area contributed by atoms with Crippen molar-refractivity contribution in [1.29, 1.82) is 0 Å². The molecule has 2 heterocycles. The van der Waals surface area contributed by atoms with Crippen molar-refractivity contribution >= 4 is 5.57 Å². The first-order valence-corrected chi connectivity index (χ1v) is 18.7. The van der Waals surface area contributed by atoms with Crippen LogP contribution < -0.4 is 0 Å². The Kier molecular flexibility index (Phi) is 9.25. The van der Waals surface area contributed by atoms with E-state index >= 15 is 0 Å². The minimum atomic E-state index is 0.628. The van der Waals surface area contributed by atoms with Crippen molar-refractivity contribution in [3.63, 3.8) is 0 Å². The number of hydrogen-bond donors (Lipinski definition) is 0. The molecule has 8 aromatic rings. The number of allylic oxidation sites excluding steroid dienone is 4. The third kappa shape index (κ3) is 6.92. The van der Waals surface area contributed by atoms with E-state index in [9.17, 15) is 0 Å². The number of benzene rings is 6. The van der Waals surface area contributed by atoms with Gasteiger partial charge in [-0.3, -0.25) is 0 Å². The van der Waals surface area contributed by atoms with Crippen molar-refractivity contribution in [1.82, 2.24) is 24.9 Å². The van der Waals surface area contributed by atoms with Crippen LogP contribution in [0.1, 0.15) is 24.2 Å². The zero-order chi connectivity index (χ0) is 37.0. The van der Waals surface area contributed by atoms with Crippen molar-refractivity contribution in [2.75, 3.05) is 0 Å². The third-order valence-corrected chi connectivity index (χ3v) is 9.93. The van der Waals surface area contributed by atoms with Crippen LogP contribution in [-0.4, -0.2) is 24.9 Å². The fourth-order valence-electron chi connectivity index (χ4n) is 7.14. The quantitative estimate of drug-likeness (QED) is 0.157. The van der Waals surface area contributed by atoms with Crippen LogP contribution in [0.2, 0.25) is 0 Å². The molecule has 0 N–H and O–H groups in total. The molecular formula is C50H37N5. The second kappa shape index (κ2) is 15.1. The average molecular weight is 708 g/mol. The smallest absolute Gasteiger partial charge is 0.164 e. The van der Waals surface area contributed by atoms with Gasteiger partial charge in [-0.15, -0.1) is 0 Å². The van der Waals surface area contributed by atoms with Gasteiger partial charge in [-0.1, -0.05) is 176 Å². The summed E-state index contributed by atoms with van der Waals surface area (Å²) in [6.07, 6.45) is 8.49. The lowest BCUT2D eigenvalue weighted by atomic mass is 9.94. The number of aryl methyl sites for hydroxylation is 1. The number of nitrogens with zero attached hydrogens (tertiary/aromatic N) is 5. The molecule has 6 aromatic carbocycles. The highest BCUT2D eigenvalue weighted by Gasteiger charge is 2.22. The van der Waals surface area contributed by atoms with Gasteiger partial charge in [-0.2, -0.15) is 0 Å². The van der Waals surface area contributed by atoms with Gasteiger partial charge in [0.15, 0.2) is 17.5 Å². The molecule has 0 spiro atoms. The van der Waals surface area contributed by atoms with Crippen LogP contribution in [0.15, 0.2) is 182 Å². The fourth-order valence-corrected chi connectivity index (χ4v) is 7.14. The van der Waals surface area contributed by atoms with Crippen molar-refractivity contribution in [2.24, 2.45) is 0 Å². The van der Waals surface area contributed by atoms with Crippen LogP contribution in [0, 0.1) is 6.92 Å². The molecule has 0 radical (unpaired) electrons. The minimum Gasteiger partial charge on any atom is -0.243 e. The molecule has 2 aromatic heterocycles. The lowest BCUT2D eigenvalue weighted by molar-refractivity contribution is 1.01. The normalized spacial score (nSPS) is 12.3. The summed E-state index contributed by atoms with van der Waals surface area (Å²) in [5.41, 5.74) is 13.4. The predicted octanol–water partition coefficient (Wildman–Crippen LogP) is 12.4. The number of aromatic nitrogens is 5. The second-order valence-corrected chi connectivity index (χ2v) is 13.6. The highest BCUT2D eigenvalue weighted by atomic mass is 15.0. The van der Waals surface area contributed by atoms with Crippen molar-refractivity contribution in [3.05, 3.63) is 193 Å². The molecule has 9 rings (SSSR count). The van der Waals surface area contributed by atoms with E-state index in [1.165, 1.54) is 0 Å². The van der Waals surface area contributed by atoms with Crippen LogP contribution in [0.4, 0.5) is 0 Å². The highest BCUT2D eigenvalue weighted by molar-refractivity contribution is 5.89. The molecule has 0 fully saturated rings. The molecule has 0 unspecified atom stereocenters. The lowest BCUT2D eigenvalue weighted by Gasteiger charge is -2.18. The summed E-state index contributed by atoms with van der Waals surface area (Å²) in [7, 11) is 0. The Hall–Kier alpha value is -7.11. The maximum absolute atomic E-state index is 5.54. The molecule has 0 atom stereocenters. The number of hydrogen-bond acceptors (Lipinski definition) is 5. The van der Waals surface area contributed by atoms with Crippen LogP contribution in [0.3, 0.4) is 0 Å². The van der Waals surface area contributed by atoms with E-state index in [1.54, 1.807) is 0 Å². The standard InChI is InChI=1S/C50H37N5/c1-34-19-14-15-30-41(34)47-45(36-22-8-3-9-23-36)51-44(35-20-6-2-7-21-35)46(52-47)40-29-18-28-39(33-40)42-31-16-17-32-43(42)50-54-48(37-24-10-4-11-25-37)53-49(55-50)38-26-12-5-13-27-38/h2-4,6-12,14-33H,5,13H2,1H3. The maximum Gasteiger partial charge on any atom is 0.164 e. The Labute approximate surface area is 321 Å². The van der Waals surface area contributed by atoms with Gasteiger partial charge < -0.3 is 0 Å². The summed E-state index contributed by atoms with van der Waals surface area (Å²) in [5.74, 6) is 1.95. The van der Waals surface area contributed by atoms with Gasteiger partial charge in [-0.25, -0.2) is 24.9 Å². The topological polar surface area (TPSA) is 64.5 Å². The molecule has 5 nitrogen and oxygen atoms in total. The zero-order valence-electron chi connectivity index (χ0n) is 30.5. The maximum atomic E-state index is 5.54. The monoisotopic (exact) mass is 707 g/mol. The molecule has 5 heteroatoms. The van der Waals surface area contributed by atoms with E-state index in [-0.39, 0.29) is 0 Å². The van der Waals surface area contributed by atoms with Gasteiger partial charge in [0.2, 0.25) is 0 Å². The Bertz CT molecular complexity index is 2700. The van der Waals surface area contributed by atoms with E-state index < -0.39 is 0 Å². The van der Waals surface area contributed by atoms with E-state index in [0.29, 0.717) is 17.5 Å². The first-order chi connectivity index (χ1) is 27.2. The molecule has 1 aliphatic carbocycles. The van der Waals surface area contributed by atoms with Gasteiger partial charge in [0, 0.05) is 39.0 Å². The second-order valence-electron chi connectivity index (χ2n) is 13.6. The van der Waals surface area contributed by atoms with Gasteiger partial charge in [-0.05, 0) is 42.5 Å². The van der Waals surface area contributed by atoms with Gasteiger partial charge >= 0.3 is 0 Å². The summed E-state index contributed by atoms with van der Waals surface area (Å²) in [5, 5.41) is 0. The molecular weight excluding hydrogens is 671 g/mol. The van der Waals surface area contributed by atoms with Gasteiger partial charge in [0.1, 0.15) is 0 Å². The Balaban J connectivity index is 1.23. The average Bonchev–Trinajstić information content (AvgIpc) is 3.27. The third-order valence-electron chi connectivity index (χ3n) is 9.93. The SMILES string of the molecule is Cc1ccccc1-c1nc(-c2cccc(-c3ccccc3-c3nc(C4=CCCC=C4)nc(-c4ccccc4)n3)c2)c(-c2ccccc2)nc1-c1ccccc1. The molecule has 0 aliphatic heterocycles. The fraction of sp³-hybridized carbons (Fsp3) is 0.0600. The Morgan fingerprint density at radius 3 is 1.55 bits per heavy atom. The summed E-state index contributed by atoms with van der Waals surface area (Å²) < 4.78 is 0. The van der Waals surface area contributed by atoms with Crippen molar-refractivity contribution in [2.45, 2.75) is 19.8 Å².